The van der Waals surface area contributed by atoms with Crippen molar-refractivity contribution in [1.29, 1.82) is 0 Å². The van der Waals surface area contributed by atoms with Gasteiger partial charge in [0.25, 0.3) is 5.69 Å². The number of nitro benzene ring substituents is 1. The van der Waals surface area contributed by atoms with Crippen molar-refractivity contribution in [3.63, 3.8) is 0 Å². The molecule has 0 aliphatic rings. The highest BCUT2D eigenvalue weighted by Crippen LogP contribution is 2.33. The average Bonchev–Trinajstić information content (AvgIpc) is 2.52. The van der Waals surface area contributed by atoms with Gasteiger partial charge in [-0.15, -0.1) is 0 Å². The van der Waals surface area contributed by atoms with Gasteiger partial charge in [0.1, 0.15) is 5.75 Å². The summed E-state index contributed by atoms with van der Waals surface area (Å²) in [6.45, 7) is 3.18. The van der Waals surface area contributed by atoms with Gasteiger partial charge in [0.05, 0.1) is 16.0 Å². The van der Waals surface area contributed by atoms with Gasteiger partial charge in [-0.3, -0.25) is 10.1 Å². The van der Waals surface area contributed by atoms with E-state index in [1.54, 1.807) is 12.1 Å². The molecule has 0 atom stereocenters. The van der Waals surface area contributed by atoms with Crippen LogP contribution >= 0.6 is 31.9 Å². The molecule has 0 bridgehead atoms. The van der Waals surface area contributed by atoms with Crippen molar-refractivity contribution in [2.24, 2.45) is 0 Å². The maximum Gasteiger partial charge on any atom is 0.271 e. The molecule has 0 fully saturated rings. The molecular weight excluding hydrogens is 428 g/mol. The van der Waals surface area contributed by atoms with E-state index in [-0.39, 0.29) is 5.69 Å². The van der Waals surface area contributed by atoms with Crippen molar-refractivity contribution in [3.8, 4) is 5.75 Å². The zero-order valence-electron chi connectivity index (χ0n) is 12.5. The van der Waals surface area contributed by atoms with E-state index in [0.717, 1.165) is 26.7 Å². The predicted molar refractivity (Wildman–Crippen MR) is 98.1 cm³/mol. The fourth-order valence-electron chi connectivity index (χ4n) is 2.04. The number of nitrogens with zero attached hydrogens (tertiary/aromatic N) is 1. The first-order valence-corrected chi connectivity index (χ1v) is 8.69. The van der Waals surface area contributed by atoms with Gasteiger partial charge in [-0.1, -0.05) is 28.9 Å². The molecule has 0 aromatic heterocycles. The van der Waals surface area contributed by atoms with Gasteiger partial charge in [0.15, 0.2) is 0 Å². The van der Waals surface area contributed by atoms with Gasteiger partial charge in [-0.2, -0.15) is 0 Å². The highest BCUT2D eigenvalue weighted by atomic mass is 79.9. The van der Waals surface area contributed by atoms with Crippen LogP contribution in [0, 0.1) is 10.1 Å². The molecule has 0 saturated carbocycles. The minimum absolute atomic E-state index is 0.0629. The van der Waals surface area contributed by atoms with Gasteiger partial charge in [0, 0.05) is 34.4 Å². The Kier molecular flexibility index (Phi) is 6.41. The largest absolute Gasteiger partial charge is 0.492 e. The van der Waals surface area contributed by atoms with Crippen LogP contribution in [-0.4, -0.2) is 11.5 Å². The molecular formula is C16H16Br2N2O3. The first kappa shape index (κ1) is 17.7. The second-order valence-corrected chi connectivity index (χ2v) is 6.66. The highest BCUT2D eigenvalue weighted by molar-refractivity contribution is 9.11. The minimum Gasteiger partial charge on any atom is -0.492 e. The molecule has 1 N–H and O–H groups in total. The average molecular weight is 444 g/mol. The lowest BCUT2D eigenvalue weighted by atomic mass is 10.2. The van der Waals surface area contributed by atoms with Crippen LogP contribution in [0.25, 0.3) is 0 Å². The summed E-state index contributed by atoms with van der Waals surface area (Å²) in [5, 5.41) is 14.0. The van der Waals surface area contributed by atoms with Gasteiger partial charge >= 0.3 is 0 Å². The number of nitrogens with one attached hydrogen (secondary N) is 1. The Bertz CT molecular complexity index is 708. The molecule has 0 radical (unpaired) electrons. The number of nitro groups is 1. The van der Waals surface area contributed by atoms with E-state index in [1.807, 2.05) is 19.1 Å². The summed E-state index contributed by atoms with van der Waals surface area (Å²) in [5.74, 6) is 0.785. The first-order chi connectivity index (χ1) is 11.0. The number of hydrogen-bond acceptors (Lipinski definition) is 4. The van der Waals surface area contributed by atoms with E-state index < -0.39 is 4.92 Å². The Labute approximate surface area is 151 Å². The third-order valence-corrected chi connectivity index (χ3v) is 4.12. The van der Waals surface area contributed by atoms with E-state index in [0.29, 0.717) is 18.8 Å². The molecule has 7 heteroatoms. The number of hydrogen-bond donors (Lipinski definition) is 1. The van der Waals surface area contributed by atoms with Crippen molar-refractivity contribution >= 4 is 43.2 Å². The maximum absolute atomic E-state index is 10.8. The Balaban J connectivity index is 2.19. The summed E-state index contributed by atoms with van der Waals surface area (Å²) in [5.41, 5.74) is 1.72. The van der Waals surface area contributed by atoms with Crippen LogP contribution < -0.4 is 10.1 Å². The van der Waals surface area contributed by atoms with Crippen molar-refractivity contribution in [3.05, 3.63) is 61.0 Å². The standard InChI is InChI=1S/C16H16Br2N2O3/c1-2-6-23-16-11(7-12(17)8-15(16)18)10-19-13-4-3-5-14(9-13)20(21)22/h3-5,7-9,19H,2,6,10H2,1H3. The molecule has 0 saturated heterocycles. The van der Waals surface area contributed by atoms with Crippen LogP contribution in [0.3, 0.4) is 0 Å². The van der Waals surface area contributed by atoms with Crippen LogP contribution in [0.5, 0.6) is 5.75 Å². The molecule has 0 heterocycles. The second-order valence-electron chi connectivity index (χ2n) is 4.89. The lowest BCUT2D eigenvalue weighted by molar-refractivity contribution is -0.384. The number of anilines is 1. The Morgan fingerprint density at radius 1 is 1.26 bits per heavy atom. The molecule has 0 aliphatic carbocycles. The van der Waals surface area contributed by atoms with E-state index >= 15 is 0 Å². The Morgan fingerprint density at radius 3 is 2.74 bits per heavy atom. The number of halogens is 2. The minimum atomic E-state index is -0.406. The van der Waals surface area contributed by atoms with Gasteiger partial charge < -0.3 is 10.1 Å². The van der Waals surface area contributed by atoms with Crippen LogP contribution in [0.2, 0.25) is 0 Å². The van der Waals surface area contributed by atoms with Crippen LogP contribution in [0.4, 0.5) is 11.4 Å². The zero-order chi connectivity index (χ0) is 16.8. The van der Waals surface area contributed by atoms with E-state index in [1.165, 1.54) is 12.1 Å². The summed E-state index contributed by atoms with van der Waals surface area (Å²) in [7, 11) is 0. The van der Waals surface area contributed by atoms with E-state index in [2.05, 4.69) is 37.2 Å². The maximum atomic E-state index is 10.8. The fraction of sp³-hybridized carbons (Fsp3) is 0.250. The molecule has 2 aromatic carbocycles. The molecule has 0 unspecified atom stereocenters. The van der Waals surface area contributed by atoms with Crippen molar-refractivity contribution < 1.29 is 9.66 Å². The van der Waals surface area contributed by atoms with Crippen molar-refractivity contribution in [2.75, 3.05) is 11.9 Å². The fourth-order valence-corrected chi connectivity index (χ4v) is 3.47. The zero-order valence-corrected chi connectivity index (χ0v) is 15.7. The molecule has 23 heavy (non-hydrogen) atoms. The SMILES string of the molecule is CCCOc1c(Br)cc(Br)cc1CNc1cccc([N+](=O)[O-])c1. The Morgan fingerprint density at radius 2 is 2.04 bits per heavy atom. The van der Waals surface area contributed by atoms with Crippen LogP contribution in [0.1, 0.15) is 18.9 Å². The first-order valence-electron chi connectivity index (χ1n) is 7.10. The quantitative estimate of drug-likeness (QED) is 0.451. The molecule has 2 aromatic rings. The van der Waals surface area contributed by atoms with Gasteiger partial charge in [0.2, 0.25) is 0 Å². The predicted octanol–water partition coefficient (Wildman–Crippen LogP) is 5.52. The molecule has 0 amide bonds. The van der Waals surface area contributed by atoms with Crippen molar-refractivity contribution in [2.45, 2.75) is 19.9 Å². The normalized spacial score (nSPS) is 10.4. The molecule has 0 aliphatic heterocycles. The Hall–Kier alpha value is -1.60. The third kappa shape index (κ3) is 4.94. The smallest absolute Gasteiger partial charge is 0.271 e. The summed E-state index contributed by atoms with van der Waals surface area (Å²) >= 11 is 6.98. The third-order valence-electron chi connectivity index (χ3n) is 3.08. The highest BCUT2D eigenvalue weighted by Gasteiger charge is 2.11. The topological polar surface area (TPSA) is 64.4 Å². The lowest BCUT2D eigenvalue weighted by Gasteiger charge is -2.15. The molecule has 2 rings (SSSR count). The molecule has 122 valence electrons. The molecule has 5 nitrogen and oxygen atoms in total. The lowest BCUT2D eigenvalue weighted by Crippen LogP contribution is -2.05. The summed E-state index contributed by atoms with van der Waals surface area (Å²) < 4.78 is 7.61. The van der Waals surface area contributed by atoms with Gasteiger partial charge in [-0.05, 0) is 40.5 Å². The number of rotatable bonds is 7. The summed E-state index contributed by atoms with van der Waals surface area (Å²) in [6, 6.07) is 10.3. The van der Waals surface area contributed by atoms with Gasteiger partial charge in [-0.25, -0.2) is 0 Å². The van der Waals surface area contributed by atoms with E-state index in [4.69, 9.17) is 4.74 Å². The monoisotopic (exact) mass is 442 g/mol. The number of ether oxygens (including phenoxy) is 1. The molecule has 0 spiro atoms. The summed E-state index contributed by atoms with van der Waals surface area (Å²) in [6.07, 6.45) is 0.917. The van der Waals surface area contributed by atoms with Crippen molar-refractivity contribution in [1.82, 2.24) is 0 Å². The van der Waals surface area contributed by atoms with Crippen LogP contribution in [-0.2, 0) is 6.54 Å². The number of non-ortho nitro benzene ring substituents is 1. The van der Waals surface area contributed by atoms with Crippen LogP contribution in [0.15, 0.2) is 45.3 Å². The summed E-state index contributed by atoms with van der Waals surface area (Å²) in [4.78, 5) is 10.4. The number of benzene rings is 2. The second kappa shape index (κ2) is 8.31. The van der Waals surface area contributed by atoms with E-state index in [9.17, 15) is 10.1 Å².